The fourth-order valence-corrected chi connectivity index (χ4v) is 20.1. The minimum Gasteiger partial charge on any atom is -0.505 e. The lowest BCUT2D eigenvalue weighted by Gasteiger charge is -2.21. The third-order valence-electron chi connectivity index (χ3n) is 23.3. The molecule has 6 N–H and O–H groups in total. The Bertz CT molecular complexity index is 8920. The lowest BCUT2D eigenvalue weighted by Crippen LogP contribution is -2.24. The number of aryl methyl sites for hydroxylation is 1. The van der Waals surface area contributed by atoms with E-state index in [2.05, 4.69) is 0 Å². The number of hydrogen-bond acceptors (Lipinski definition) is 27. The first-order valence-electron chi connectivity index (χ1n) is 42.2. The number of methoxy groups -OCH3 is 1. The van der Waals surface area contributed by atoms with Crippen molar-refractivity contribution in [2.45, 2.75) is 91.2 Å². The second-order valence-corrected chi connectivity index (χ2v) is 36.8. The van der Waals surface area contributed by atoms with Gasteiger partial charge in [0.05, 0.1) is 54.5 Å². The van der Waals surface area contributed by atoms with Gasteiger partial charge in [0.25, 0.3) is 22.2 Å². The highest BCUT2D eigenvalue weighted by Crippen LogP contribution is 2.50. The molecule has 11 heterocycles. The highest BCUT2D eigenvalue weighted by Gasteiger charge is 2.42. The van der Waals surface area contributed by atoms with Crippen LogP contribution in [0.3, 0.4) is 0 Å². The van der Waals surface area contributed by atoms with Gasteiger partial charge in [-0.25, -0.2) is 32.3 Å². The number of aromatic hydroxyl groups is 6. The Kier molecular flexibility index (Phi) is 24.4. The third-order valence-corrected chi connectivity index (χ3v) is 27.6. The number of nitrogens with zero attached hydrogens (tertiary/aromatic N) is 4. The van der Waals surface area contributed by atoms with Crippen molar-refractivity contribution < 1.29 is 98.3 Å². The van der Waals surface area contributed by atoms with E-state index in [0.29, 0.717) is 83.4 Å². The molecule has 8 aromatic heterocycles. The van der Waals surface area contributed by atoms with E-state index in [0.717, 1.165) is 87.2 Å². The van der Waals surface area contributed by atoms with Gasteiger partial charge in [-0.2, -0.15) is 13.2 Å². The summed E-state index contributed by atoms with van der Waals surface area (Å²) in [7, 11) is 1.54. The molecule has 19 aromatic rings. The van der Waals surface area contributed by atoms with Crippen LogP contribution in [0.4, 0.5) is 26.3 Å². The van der Waals surface area contributed by atoms with Crippen LogP contribution in [0.1, 0.15) is 52.9 Å². The Balaban J connectivity index is 0.000000119. The summed E-state index contributed by atoms with van der Waals surface area (Å²) in [6.07, 6.45) is -4.57. The summed E-state index contributed by atoms with van der Waals surface area (Å²) in [5.74, 6) is -2.37. The van der Waals surface area contributed by atoms with Crippen LogP contribution in [0.15, 0.2) is 338 Å². The predicted octanol–water partition coefficient (Wildman–Crippen LogP) is 20.1. The molecule has 0 radical (unpaired) electrons. The van der Waals surface area contributed by atoms with Crippen molar-refractivity contribution in [3.05, 3.63) is 382 Å². The zero-order valence-corrected chi connectivity index (χ0v) is 76.2. The molecule has 27 nitrogen and oxygen atoms in total. The molecule has 0 bridgehead atoms. The van der Waals surface area contributed by atoms with Crippen LogP contribution in [-0.2, 0) is 31.2 Å². The van der Waals surface area contributed by atoms with Crippen molar-refractivity contribution in [2.24, 2.45) is 0 Å². The largest absolute Gasteiger partial charge is 0.505 e. The van der Waals surface area contributed by atoms with Gasteiger partial charge in [0, 0.05) is 71.1 Å². The second kappa shape index (κ2) is 36.9. The molecular formula is C103H68F6N4O23S4. The average Bonchev–Trinajstić information content (AvgIpc) is 1.52. The number of halogens is 6. The van der Waals surface area contributed by atoms with Crippen molar-refractivity contribution in [3.63, 3.8) is 0 Å². The lowest BCUT2D eigenvalue weighted by atomic mass is 9.82. The van der Waals surface area contributed by atoms with Crippen LogP contribution < -0.4 is 68.4 Å². The van der Waals surface area contributed by atoms with E-state index >= 15 is 0 Å². The van der Waals surface area contributed by atoms with E-state index in [9.17, 15) is 95.3 Å². The van der Waals surface area contributed by atoms with E-state index in [1.54, 1.807) is 73.0 Å². The molecule has 0 atom stereocenters. The van der Waals surface area contributed by atoms with Crippen molar-refractivity contribution in [1.82, 2.24) is 18.3 Å². The number of rotatable bonds is 15. The SMILES string of the molecule is CC1(C)c2cc(C(F)(F)F)ccc2-n2c1cc1oc(=O)c(Sc3ccccc3F)c(O)c1c2=O.COc1cccc(Sc2c(O)c3c(=O)n(Cc4ccccc4)c4cc5c(cc4c3oc2=O)OCO5)c1.Cc1cccc(Sc2c(O)c3c(=O)n(Cc4ccccc4)c4cc5c(cc4c3oc2=O)OCO5)c1.O=c1oc2c(c(O)c1Sc1cccc(F)c1)c(=O)n(Cc1ccc(F)cc1)c1cc(O)c(O)cc21. The second-order valence-electron chi connectivity index (χ2n) is 32.5. The highest BCUT2D eigenvalue weighted by molar-refractivity contribution is 8.00. The molecule has 704 valence electrons. The van der Waals surface area contributed by atoms with Crippen molar-refractivity contribution in [1.29, 1.82) is 0 Å². The van der Waals surface area contributed by atoms with Gasteiger partial charge in [0.1, 0.15) is 69.9 Å². The fourth-order valence-electron chi connectivity index (χ4n) is 16.6. The summed E-state index contributed by atoms with van der Waals surface area (Å²) in [5, 5.41) is 64.7. The molecule has 0 aliphatic carbocycles. The number of phenols is 2. The maximum absolute atomic E-state index is 14.1. The Labute approximate surface area is 798 Å². The number of hydrogen-bond donors (Lipinski definition) is 6. The number of phenolic OH excluding ortho intramolecular Hbond substituents is 2. The molecule has 3 aliphatic rings. The van der Waals surface area contributed by atoms with Crippen LogP contribution in [-0.4, -0.2) is 69.6 Å². The van der Waals surface area contributed by atoms with Crippen LogP contribution in [0.5, 0.6) is 63.2 Å². The van der Waals surface area contributed by atoms with E-state index in [1.807, 2.05) is 91.9 Å². The molecule has 0 unspecified atom stereocenters. The van der Waals surface area contributed by atoms with Gasteiger partial charge in [0.2, 0.25) is 13.6 Å². The van der Waals surface area contributed by atoms with Crippen molar-refractivity contribution in [3.8, 4) is 68.9 Å². The number of benzene rings is 11. The number of fused-ring (bicyclic) bond motifs is 15. The van der Waals surface area contributed by atoms with E-state index < -0.39 is 114 Å². The smallest absolute Gasteiger partial charge is 0.416 e. The Hall–Kier alpha value is -16.4. The molecule has 0 saturated heterocycles. The summed E-state index contributed by atoms with van der Waals surface area (Å²) in [4.78, 5) is 107. The lowest BCUT2D eigenvalue weighted by molar-refractivity contribution is -0.137. The molecule has 0 fully saturated rings. The fraction of sp³-hybridized carbons (Fsp3) is 0.107. The van der Waals surface area contributed by atoms with E-state index in [4.69, 9.17) is 41.4 Å². The molecule has 0 amide bonds. The molecule has 37 heteroatoms. The van der Waals surface area contributed by atoms with E-state index in [-0.39, 0.29) is 124 Å². The van der Waals surface area contributed by atoms with Crippen LogP contribution in [0.2, 0.25) is 0 Å². The summed E-state index contributed by atoms with van der Waals surface area (Å²) in [5.41, 5.74) is -3.06. The standard InChI is InChI=1S/C27H19NO7S.C27H19NO6S.C25H15F2NO6S.C24H15F4NO4S/c1-32-16-8-5-9-17(10-16)36-25-23(29)22-24(35-27(25)31)18-11-20-21(34-14-33-20)12-19(18)28(26(22)30)13-15-6-3-2-4-7-15;1-15-6-5-9-17(10-15)35-25-23(29)22-24(34-27(25)31)18-11-20-21(33-14-32-20)12-19(18)28(26(22)30)13-16-7-3-2-4-8-16;26-13-6-4-12(5-7-13)11-28-17-10-19(30)18(29)9-16(17)22-20(24(28)32)21(31)23(25(33)34-22)35-15-3-1-2-14(27)8-15;1-23(2)12-9-11(24(26,27)28)7-8-14(12)29-17(23)10-15-18(21(29)31)19(30)20(22(32)33-15)34-16-6-4-3-5-13(16)25/h2-12,29H,13-14H2,1H3;2-12,29H,13-14H2,1H3;1-10,29-31H,11H2;3-10,30H,1-2H3. The summed E-state index contributed by atoms with van der Waals surface area (Å²) in [6, 6.07) is 63.2. The normalized spacial score (nSPS) is 12.6. The number of pyridine rings is 4. The average molecular weight is 1970 g/mol. The highest BCUT2D eigenvalue weighted by atomic mass is 32.2. The number of alkyl halides is 3. The molecule has 22 rings (SSSR count). The van der Waals surface area contributed by atoms with Crippen LogP contribution in [0, 0.1) is 24.4 Å². The predicted molar refractivity (Wildman–Crippen MR) is 510 cm³/mol. The van der Waals surface area contributed by atoms with Gasteiger partial charge in [-0.05, 0) is 138 Å². The van der Waals surface area contributed by atoms with Gasteiger partial charge >= 0.3 is 28.7 Å². The molecule has 0 spiro atoms. The van der Waals surface area contributed by atoms with Gasteiger partial charge in [-0.1, -0.05) is 176 Å². The Morgan fingerprint density at radius 1 is 0.400 bits per heavy atom. The van der Waals surface area contributed by atoms with Gasteiger partial charge < -0.3 is 85.7 Å². The topological polar surface area (TPSA) is 376 Å². The van der Waals surface area contributed by atoms with Crippen LogP contribution >= 0.6 is 47.0 Å². The van der Waals surface area contributed by atoms with Gasteiger partial charge in [-0.3, -0.25) is 23.7 Å². The van der Waals surface area contributed by atoms with Crippen molar-refractivity contribution in [2.75, 3.05) is 20.7 Å². The summed E-state index contributed by atoms with van der Waals surface area (Å²) >= 11 is 3.40. The molecule has 11 aromatic carbocycles. The molecule has 3 aliphatic heterocycles. The first-order chi connectivity index (χ1) is 67.2. The minimum atomic E-state index is -4.57. The zero-order chi connectivity index (χ0) is 98.3. The summed E-state index contributed by atoms with van der Waals surface area (Å²) in [6.45, 7) is 5.74. The van der Waals surface area contributed by atoms with Crippen molar-refractivity contribution >= 4 is 124 Å². The van der Waals surface area contributed by atoms with Crippen LogP contribution in [0.25, 0.3) is 82.3 Å². The third kappa shape index (κ3) is 17.3. The monoisotopic (exact) mass is 1970 g/mol. The molecule has 0 saturated carbocycles. The first-order valence-corrected chi connectivity index (χ1v) is 45.5. The maximum atomic E-state index is 14.1. The van der Waals surface area contributed by atoms with Gasteiger partial charge in [-0.15, -0.1) is 0 Å². The first kappa shape index (κ1) is 92.7. The zero-order valence-electron chi connectivity index (χ0n) is 72.9. The molecular weight excluding hydrogens is 1900 g/mol. The van der Waals surface area contributed by atoms with Gasteiger partial charge in [0.15, 0.2) is 74.2 Å². The Morgan fingerprint density at radius 2 is 0.829 bits per heavy atom. The summed E-state index contributed by atoms with van der Waals surface area (Å²) < 4.78 is 136. The molecule has 140 heavy (non-hydrogen) atoms. The number of ether oxygens (including phenoxy) is 5. The minimum absolute atomic E-state index is 0.00453. The van der Waals surface area contributed by atoms with E-state index in [1.165, 1.54) is 93.6 Å². The quantitative estimate of drug-likeness (QED) is 0.0315. The Morgan fingerprint density at radius 3 is 1.32 bits per heavy atom. The maximum Gasteiger partial charge on any atom is 0.416 e. The number of aromatic nitrogens is 4.